The van der Waals surface area contributed by atoms with Crippen LogP contribution in [0.1, 0.15) is 30.9 Å². The van der Waals surface area contributed by atoms with Gasteiger partial charge in [0, 0.05) is 43.5 Å². The Morgan fingerprint density at radius 3 is 2.41 bits per heavy atom. The lowest BCUT2D eigenvalue weighted by Gasteiger charge is -2.49. The summed E-state index contributed by atoms with van der Waals surface area (Å²) in [5, 5.41) is 0. The average molecular weight is 400 g/mol. The lowest BCUT2D eigenvalue weighted by Crippen LogP contribution is -2.55. The quantitative estimate of drug-likeness (QED) is 0.749. The largest absolute Gasteiger partial charge is 0.494 e. The predicted molar refractivity (Wildman–Crippen MR) is 112 cm³/mol. The molecule has 29 heavy (non-hydrogen) atoms. The van der Waals surface area contributed by atoms with Crippen molar-refractivity contribution in [1.29, 1.82) is 0 Å². The second-order valence-electron chi connectivity index (χ2n) is 7.72. The highest BCUT2D eigenvalue weighted by Gasteiger charge is 2.36. The maximum absolute atomic E-state index is 13.8. The molecule has 2 aliphatic heterocycles. The van der Waals surface area contributed by atoms with E-state index in [1.165, 1.54) is 31.6 Å². The third-order valence-corrected chi connectivity index (χ3v) is 6.24. The third kappa shape index (κ3) is 3.86. The van der Waals surface area contributed by atoms with Crippen LogP contribution in [0.25, 0.3) is 0 Å². The smallest absolute Gasteiger partial charge is 0.165 e. The number of hydrogen-bond acceptors (Lipinski definition) is 5. The molecule has 2 heterocycles. The molecular formula is C23H29FN2O3. The van der Waals surface area contributed by atoms with Crippen LogP contribution in [0, 0.1) is 5.82 Å². The van der Waals surface area contributed by atoms with Crippen molar-refractivity contribution in [3.63, 3.8) is 0 Å². The summed E-state index contributed by atoms with van der Waals surface area (Å²) in [7, 11) is 4.86. The lowest BCUT2D eigenvalue weighted by atomic mass is 9.89. The molecule has 0 bridgehead atoms. The van der Waals surface area contributed by atoms with Crippen molar-refractivity contribution >= 4 is 5.69 Å². The fraction of sp³-hybridized carbons (Fsp3) is 0.478. The molecule has 0 amide bonds. The highest BCUT2D eigenvalue weighted by molar-refractivity contribution is 5.52. The molecule has 0 spiro atoms. The number of rotatable bonds is 5. The molecule has 4 rings (SSSR count). The highest BCUT2D eigenvalue weighted by Crippen LogP contribution is 2.40. The number of halogens is 1. The van der Waals surface area contributed by atoms with E-state index in [9.17, 15) is 4.39 Å². The number of ether oxygens (including phenoxy) is 3. The van der Waals surface area contributed by atoms with Crippen molar-refractivity contribution in [3.05, 3.63) is 47.8 Å². The molecule has 0 saturated carbocycles. The third-order valence-electron chi connectivity index (χ3n) is 6.24. The van der Waals surface area contributed by atoms with Crippen molar-refractivity contribution in [3.8, 4) is 17.2 Å². The van der Waals surface area contributed by atoms with Crippen molar-refractivity contribution in [2.24, 2.45) is 0 Å². The van der Waals surface area contributed by atoms with Crippen molar-refractivity contribution in [2.45, 2.75) is 31.3 Å². The van der Waals surface area contributed by atoms with Gasteiger partial charge in [0.2, 0.25) is 0 Å². The molecule has 6 heteroatoms. The van der Waals surface area contributed by atoms with Crippen LogP contribution in [0.2, 0.25) is 0 Å². The van der Waals surface area contributed by atoms with Gasteiger partial charge in [0.15, 0.2) is 23.1 Å². The van der Waals surface area contributed by atoms with Gasteiger partial charge in [-0.2, -0.15) is 0 Å². The Balaban J connectivity index is 1.53. The fourth-order valence-electron chi connectivity index (χ4n) is 4.75. The Labute approximate surface area is 172 Å². The first-order valence-corrected chi connectivity index (χ1v) is 10.2. The summed E-state index contributed by atoms with van der Waals surface area (Å²) >= 11 is 0. The molecule has 0 aromatic heterocycles. The van der Waals surface area contributed by atoms with Crippen LogP contribution in [0.15, 0.2) is 36.4 Å². The van der Waals surface area contributed by atoms with Crippen molar-refractivity contribution in [2.75, 3.05) is 45.9 Å². The number of nitrogens with zero attached hydrogens (tertiary/aromatic N) is 2. The first-order chi connectivity index (χ1) is 14.1. The average Bonchev–Trinajstić information content (AvgIpc) is 2.78. The van der Waals surface area contributed by atoms with Crippen LogP contribution >= 0.6 is 0 Å². The van der Waals surface area contributed by atoms with Gasteiger partial charge in [-0.1, -0.05) is 6.07 Å². The second-order valence-corrected chi connectivity index (χ2v) is 7.72. The summed E-state index contributed by atoms with van der Waals surface area (Å²) in [5.41, 5.74) is 2.31. The van der Waals surface area contributed by atoms with Gasteiger partial charge in [-0.15, -0.1) is 0 Å². The van der Waals surface area contributed by atoms with E-state index >= 15 is 0 Å². The van der Waals surface area contributed by atoms with E-state index in [0.29, 0.717) is 17.8 Å². The van der Waals surface area contributed by atoms with Crippen molar-refractivity contribution in [1.82, 2.24) is 4.90 Å². The number of benzene rings is 2. The molecule has 5 nitrogen and oxygen atoms in total. The molecule has 2 aromatic carbocycles. The number of anilines is 1. The molecule has 0 aliphatic carbocycles. The Bertz CT molecular complexity index is 860. The van der Waals surface area contributed by atoms with E-state index < -0.39 is 0 Å². The highest BCUT2D eigenvalue weighted by atomic mass is 19.1. The molecule has 2 fully saturated rings. The summed E-state index contributed by atoms with van der Waals surface area (Å²) in [6.45, 7) is 2.83. The number of hydrogen-bond donors (Lipinski definition) is 0. The van der Waals surface area contributed by atoms with E-state index in [4.69, 9.17) is 14.2 Å². The Morgan fingerprint density at radius 1 is 0.862 bits per heavy atom. The number of piperidine rings is 1. The lowest BCUT2D eigenvalue weighted by molar-refractivity contribution is 0.0715. The standard InChI is InChI=1S/C23H29FN2O3/c1-27-21-10-7-16(13-23(21)29-3)20-6-4-5-18-15-25(11-12-26(18)20)17-8-9-19(24)22(14-17)28-2/h7-10,13-14,18,20H,4-6,11-12,15H2,1-3H3/t18-,20-/m1/s1. The van der Waals surface area contributed by atoms with Gasteiger partial charge in [-0.05, 0) is 49.1 Å². The summed E-state index contributed by atoms with van der Waals surface area (Å²) in [5.74, 6) is 1.53. The van der Waals surface area contributed by atoms with Gasteiger partial charge in [0.05, 0.1) is 21.3 Å². The SMILES string of the molecule is COc1cc(N2CCN3[C@H](CCC[C@@H]3c3ccc(OC)c(OC)c3)C2)ccc1F. The normalized spacial score (nSPS) is 22.1. The second kappa shape index (κ2) is 8.49. The molecule has 2 aromatic rings. The van der Waals surface area contributed by atoms with Crippen LogP contribution in [0.3, 0.4) is 0 Å². The summed E-state index contributed by atoms with van der Waals surface area (Å²) in [4.78, 5) is 4.97. The van der Waals surface area contributed by atoms with Crippen LogP contribution < -0.4 is 19.1 Å². The molecule has 0 N–H and O–H groups in total. The van der Waals surface area contributed by atoms with Crippen LogP contribution in [-0.4, -0.2) is 51.9 Å². The Morgan fingerprint density at radius 2 is 1.66 bits per heavy atom. The van der Waals surface area contributed by atoms with Gasteiger partial charge in [0.1, 0.15) is 0 Å². The number of piperazine rings is 1. The zero-order valence-electron chi connectivity index (χ0n) is 17.4. The molecule has 2 atom stereocenters. The number of methoxy groups -OCH3 is 3. The van der Waals surface area contributed by atoms with Gasteiger partial charge in [-0.3, -0.25) is 4.90 Å². The maximum Gasteiger partial charge on any atom is 0.165 e. The monoisotopic (exact) mass is 400 g/mol. The Kier molecular flexibility index (Phi) is 5.81. The molecule has 2 saturated heterocycles. The van der Waals surface area contributed by atoms with E-state index in [1.807, 2.05) is 12.1 Å². The van der Waals surface area contributed by atoms with Crippen molar-refractivity contribution < 1.29 is 18.6 Å². The van der Waals surface area contributed by atoms with Gasteiger partial charge >= 0.3 is 0 Å². The molecule has 2 aliphatic rings. The zero-order valence-corrected chi connectivity index (χ0v) is 17.4. The van der Waals surface area contributed by atoms with Crippen LogP contribution in [0.5, 0.6) is 17.2 Å². The predicted octanol–water partition coefficient (Wildman–Crippen LogP) is 4.27. The zero-order chi connectivity index (χ0) is 20.4. The summed E-state index contributed by atoms with van der Waals surface area (Å²) in [6, 6.07) is 12.3. The Hall–Kier alpha value is -2.47. The maximum atomic E-state index is 13.8. The minimum atomic E-state index is -0.318. The molecule has 0 radical (unpaired) electrons. The molecular weight excluding hydrogens is 371 g/mol. The molecule has 156 valence electrons. The first kappa shape index (κ1) is 19.8. The van der Waals surface area contributed by atoms with E-state index in [1.54, 1.807) is 20.3 Å². The van der Waals surface area contributed by atoms with Gasteiger partial charge < -0.3 is 19.1 Å². The van der Waals surface area contributed by atoms with Gasteiger partial charge in [-0.25, -0.2) is 4.39 Å². The minimum Gasteiger partial charge on any atom is -0.494 e. The van der Waals surface area contributed by atoms with Crippen LogP contribution in [-0.2, 0) is 0 Å². The van der Waals surface area contributed by atoms with Gasteiger partial charge in [0.25, 0.3) is 0 Å². The topological polar surface area (TPSA) is 34.2 Å². The van der Waals surface area contributed by atoms with Crippen LogP contribution in [0.4, 0.5) is 10.1 Å². The number of fused-ring (bicyclic) bond motifs is 1. The van der Waals surface area contributed by atoms with E-state index in [-0.39, 0.29) is 5.82 Å². The first-order valence-electron chi connectivity index (χ1n) is 10.2. The van der Waals surface area contributed by atoms with E-state index in [0.717, 1.165) is 43.2 Å². The fourth-order valence-corrected chi connectivity index (χ4v) is 4.75. The molecule has 0 unspecified atom stereocenters. The summed E-state index contributed by atoms with van der Waals surface area (Å²) < 4.78 is 29.9. The minimum absolute atomic E-state index is 0.303. The summed E-state index contributed by atoms with van der Waals surface area (Å²) in [6.07, 6.45) is 3.52. The van der Waals surface area contributed by atoms with E-state index in [2.05, 4.69) is 21.9 Å².